The molecule has 21 heavy (non-hydrogen) atoms. The number of phenolic OH excluding ortho intramolecular Hbond substituents is 1. The molecule has 6 nitrogen and oxygen atoms in total. The minimum Gasteiger partial charge on any atom is -0.508 e. The van der Waals surface area contributed by atoms with Crippen LogP contribution in [0.1, 0.15) is 31.7 Å². The molecular weight excluding hydrogens is 294 g/mol. The molecule has 0 aliphatic rings. The molecule has 0 aliphatic heterocycles. The largest absolute Gasteiger partial charge is 0.508 e. The second kappa shape index (κ2) is 7.99. The van der Waals surface area contributed by atoms with E-state index in [1.165, 1.54) is 0 Å². The minimum atomic E-state index is -3.65. The molecule has 0 saturated carbocycles. The normalized spacial score (nSPS) is 12.9. The second-order valence-corrected chi connectivity index (χ2v) is 6.53. The van der Waals surface area contributed by atoms with Gasteiger partial charge in [0.2, 0.25) is 10.0 Å². The molecule has 0 radical (unpaired) electrons. The number of hydrogen-bond acceptors (Lipinski definition) is 5. The number of esters is 1. The van der Waals surface area contributed by atoms with Gasteiger partial charge in [-0.25, -0.2) is 13.6 Å². The fraction of sp³-hybridized carbons (Fsp3) is 0.500. The average molecular weight is 315 g/mol. The van der Waals surface area contributed by atoms with Crippen LogP contribution in [-0.2, 0) is 26.0 Å². The van der Waals surface area contributed by atoms with Crippen molar-refractivity contribution < 1.29 is 23.1 Å². The minimum absolute atomic E-state index is 0.201. The molecule has 1 atom stereocenters. The van der Waals surface area contributed by atoms with Gasteiger partial charge in [-0.1, -0.05) is 19.1 Å². The van der Waals surface area contributed by atoms with Crippen LogP contribution in [0.15, 0.2) is 24.3 Å². The van der Waals surface area contributed by atoms with Gasteiger partial charge in [-0.3, -0.25) is 4.79 Å². The van der Waals surface area contributed by atoms with Crippen LogP contribution in [0.4, 0.5) is 0 Å². The zero-order chi connectivity index (χ0) is 15.9. The molecule has 118 valence electrons. The predicted molar refractivity (Wildman–Crippen MR) is 79.2 cm³/mol. The highest BCUT2D eigenvalue weighted by Crippen LogP contribution is 2.12. The summed E-state index contributed by atoms with van der Waals surface area (Å²) in [4.78, 5) is 11.6. The van der Waals surface area contributed by atoms with E-state index in [9.17, 15) is 13.2 Å². The van der Waals surface area contributed by atoms with Gasteiger partial charge in [-0.05, 0) is 37.0 Å². The molecule has 0 heterocycles. The van der Waals surface area contributed by atoms with E-state index in [2.05, 4.69) is 0 Å². The van der Waals surface area contributed by atoms with E-state index in [-0.39, 0.29) is 17.9 Å². The number of benzene rings is 1. The predicted octanol–water partition coefficient (Wildman–Crippen LogP) is 1.33. The average Bonchev–Trinajstić information content (AvgIpc) is 2.38. The summed E-state index contributed by atoms with van der Waals surface area (Å²) in [7, 11) is -3.65. The first-order valence-corrected chi connectivity index (χ1v) is 8.49. The van der Waals surface area contributed by atoms with Crippen LogP contribution in [-0.4, -0.2) is 31.4 Å². The summed E-state index contributed by atoms with van der Waals surface area (Å²) in [5, 5.41) is 14.1. The molecular formula is C14H21NO5S. The van der Waals surface area contributed by atoms with Crippen molar-refractivity contribution in [1.29, 1.82) is 0 Å². The van der Waals surface area contributed by atoms with Crippen molar-refractivity contribution in [2.45, 2.75) is 38.7 Å². The lowest BCUT2D eigenvalue weighted by Gasteiger charge is -2.14. The van der Waals surface area contributed by atoms with E-state index in [0.717, 1.165) is 5.56 Å². The first kappa shape index (κ1) is 17.5. The first-order chi connectivity index (χ1) is 9.80. The molecule has 3 N–H and O–H groups in total. The summed E-state index contributed by atoms with van der Waals surface area (Å²) in [5.41, 5.74) is 1.01. The van der Waals surface area contributed by atoms with Gasteiger partial charge in [0.1, 0.15) is 17.6 Å². The third kappa shape index (κ3) is 7.67. The zero-order valence-corrected chi connectivity index (χ0v) is 12.8. The molecule has 0 aromatic heterocycles. The number of carbonyl (C=O) groups excluding carboxylic acids is 1. The molecule has 0 aliphatic carbocycles. The van der Waals surface area contributed by atoms with Gasteiger partial charge in [0.15, 0.2) is 0 Å². The van der Waals surface area contributed by atoms with Crippen molar-refractivity contribution >= 4 is 16.0 Å². The Morgan fingerprint density at radius 2 is 1.95 bits per heavy atom. The van der Waals surface area contributed by atoms with E-state index < -0.39 is 22.1 Å². The SMILES string of the molecule is CCC(CS(N)(=O)=O)OC(=O)CCCc1ccc(O)cc1. The second-order valence-electron chi connectivity index (χ2n) is 4.87. The van der Waals surface area contributed by atoms with E-state index >= 15 is 0 Å². The topological polar surface area (TPSA) is 107 Å². The van der Waals surface area contributed by atoms with Crippen LogP contribution in [0.3, 0.4) is 0 Å². The van der Waals surface area contributed by atoms with Crippen LogP contribution < -0.4 is 5.14 Å². The molecule has 1 aromatic rings. The summed E-state index contributed by atoms with van der Waals surface area (Å²) in [6.07, 6.45) is 1.19. The number of aryl methyl sites for hydroxylation is 1. The Morgan fingerprint density at radius 3 is 2.48 bits per heavy atom. The molecule has 7 heteroatoms. The van der Waals surface area contributed by atoms with Crippen LogP contribution in [0.2, 0.25) is 0 Å². The third-order valence-electron chi connectivity index (χ3n) is 2.95. The first-order valence-electron chi connectivity index (χ1n) is 6.78. The molecule has 1 unspecified atom stereocenters. The highest BCUT2D eigenvalue weighted by atomic mass is 32.2. The van der Waals surface area contributed by atoms with Crippen molar-refractivity contribution in [2.24, 2.45) is 5.14 Å². The number of ether oxygens (including phenoxy) is 1. The number of carbonyl (C=O) groups is 1. The maximum Gasteiger partial charge on any atom is 0.306 e. The van der Waals surface area contributed by atoms with Gasteiger partial charge < -0.3 is 9.84 Å². The van der Waals surface area contributed by atoms with Gasteiger partial charge >= 0.3 is 5.97 Å². The highest BCUT2D eigenvalue weighted by Gasteiger charge is 2.18. The van der Waals surface area contributed by atoms with E-state index in [1.807, 2.05) is 0 Å². The Bertz CT molecular complexity index is 553. The van der Waals surface area contributed by atoms with E-state index in [0.29, 0.717) is 19.3 Å². The summed E-state index contributed by atoms with van der Waals surface area (Å²) in [5.74, 6) is -0.580. The van der Waals surface area contributed by atoms with Gasteiger partial charge in [0.05, 0.1) is 0 Å². The molecule has 0 saturated heterocycles. The van der Waals surface area contributed by atoms with Crippen LogP contribution in [0, 0.1) is 0 Å². The van der Waals surface area contributed by atoms with Crippen molar-refractivity contribution in [2.75, 3.05) is 5.75 Å². The molecule has 1 aromatic carbocycles. The van der Waals surface area contributed by atoms with Gasteiger partial charge in [-0.2, -0.15) is 0 Å². The number of hydrogen-bond donors (Lipinski definition) is 2. The molecule has 1 rings (SSSR count). The van der Waals surface area contributed by atoms with Crippen molar-refractivity contribution in [3.8, 4) is 5.75 Å². The molecule has 0 fully saturated rings. The monoisotopic (exact) mass is 315 g/mol. The summed E-state index contributed by atoms with van der Waals surface area (Å²) >= 11 is 0. The zero-order valence-electron chi connectivity index (χ0n) is 12.0. The highest BCUT2D eigenvalue weighted by molar-refractivity contribution is 7.89. The van der Waals surface area contributed by atoms with Gasteiger partial charge in [0, 0.05) is 6.42 Å². The summed E-state index contributed by atoms with van der Waals surface area (Å²) in [6.45, 7) is 1.74. The number of rotatable bonds is 8. The van der Waals surface area contributed by atoms with Crippen molar-refractivity contribution in [3.63, 3.8) is 0 Å². The van der Waals surface area contributed by atoms with Crippen LogP contribution in [0.5, 0.6) is 5.75 Å². The standard InChI is InChI=1S/C14H21NO5S/c1-2-13(10-21(15,18)19)20-14(17)5-3-4-11-6-8-12(16)9-7-11/h6-9,13,16H,2-5,10H2,1H3,(H2,15,18,19). The van der Waals surface area contributed by atoms with Crippen molar-refractivity contribution in [1.82, 2.24) is 0 Å². The summed E-state index contributed by atoms with van der Waals surface area (Å²) < 4.78 is 27.0. The maximum atomic E-state index is 11.6. The lowest BCUT2D eigenvalue weighted by molar-refractivity contribution is -0.148. The third-order valence-corrected chi connectivity index (χ3v) is 3.79. The number of sulfonamides is 1. The Balaban J connectivity index is 2.34. The van der Waals surface area contributed by atoms with Crippen LogP contribution in [0.25, 0.3) is 0 Å². The lowest BCUT2D eigenvalue weighted by atomic mass is 10.1. The fourth-order valence-electron chi connectivity index (χ4n) is 1.84. The van der Waals surface area contributed by atoms with E-state index in [4.69, 9.17) is 15.0 Å². The molecule has 0 bridgehead atoms. The van der Waals surface area contributed by atoms with Crippen LogP contribution >= 0.6 is 0 Å². The van der Waals surface area contributed by atoms with Crippen molar-refractivity contribution in [3.05, 3.63) is 29.8 Å². The maximum absolute atomic E-state index is 11.6. The van der Waals surface area contributed by atoms with Gasteiger partial charge in [-0.15, -0.1) is 0 Å². The Kier molecular flexibility index (Phi) is 6.64. The van der Waals surface area contributed by atoms with Gasteiger partial charge in [0.25, 0.3) is 0 Å². The number of nitrogens with two attached hydrogens (primary N) is 1. The Morgan fingerprint density at radius 1 is 1.33 bits per heavy atom. The lowest BCUT2D eigenvalue weighted by Crippen LogP contribution is -2.30. The number of phenols is 1. The number of primary sulfonamides is 1. The fourth-order valence-corrected chi connectivity index (χ4v) is 2.66. The quantitative estimate of drug-likeness (QED) is 0.704. The smallest absolute Gasteiger partial charge is 0.306 e. The van der Waals surface area contributed by atoms with E-state index in [1.54, 1.807) is 31.2 Å². The number of aromatic hydroxyl groups is 1. The summed E-state index contributed by atoms with van der Waals surface area (Å²) in [6, 6.07) is 6.76. The molecule has 0 spiro atoms. The Hall–Kier alpha value is -1.60. The Labute approximate surface area is 125 Å². The molecule has 0 amide bonds.